The van der Waals surface area contributed by atoms with E-state index in [4.69, 9.17) is 5.73 Å². The fourth-order valence-electron chi connectivity index (χ4n) is 1.92. The summed E-state index contributed by atoms with van der Waals surface area (Å²) in [5.41, 5.74) is 5.00. The van der Waals surface area contributed by atoms with E-state index in [1.807, 2.05) is 0 Å². The highest BCUT2D eigenvalue weighted by Crippen LogP contribution is 2.32. The van der Waals surface area contributed by atoms with Crippen molar-refractivity contribution < 1.29 is 18.4 Å². The maximum Gasteiger partial charge on any atom is 0.277 e. The first-order valence-corrected chi connectivity index (χ1v) is 6.12. The molecule has 1 atom stereocenters. The Morgan fingerprint density at radius 3 is 2.72 bits per heavy atom. The molecule has 1 aliphatic heterocycles. The molecule has 2 heterocycles. The van der Waals surface area contributed by atoms with E-state index in [0.29, 0.717) is 0 Å². The number of hydrogen-bond acceptors (Lipinski definition) is 4. The Balaban J connectivity index is 2.19. The summed E-state index contributed by atoms with van der Waals surface area (Å²) in [5.74, 6) is -4.19. The maximum absolute atomic E-state index is 13.2. The number of aromatic nitrogens is 1. The second-order valence-electron chi connectivity index (χ2n) is 4.24. The predicted molar refractivity (Wildman–Crippen MR) is 60.7 cm³/mol. The molecule has 2 N–H and O–H groups in total. The summed E-state index contributed by atoms with van der Waals surface area (Å²) in [5, 5.41) is 1.35. The Morgan fingerprint density at radius 1 is 1.61 bits per heavy atom. The highest BCUT2D eigenvalue weighted by molar-refractivity contribution is 7.11. The third-order valence-electron chi connectivity index (χ3n) is 2.72. The van der Waals surface area contributed by atoms with Gasteiger partial charge in [-0.25, -0.2) is 13.8 Å². The van der Waals surface area contributed by atoms with E-state index in [9.17, 15) is 18.4 Å². The quantitative estimate of drug-likeness (QED) is 0.878. The summed E-state index contributed by atoms with van der Waals surface area (Å²) in [4.78, 5) is 27.6. The zero-order valence-corrected chi connectivity index (χ0v) is 10.3. The number of carbonyl (C=O) groups excluding carboxylic acids is 2. The van der Waals surface area contributed by atoms with Crippen LogP contribution in [0.15, 0.2) is 5.38 Å². The average molecular weight is 275 g/mol. The molecule has 1 aliphatic rings. The molecule has 98 valence electrons. The lowest BCUT2D eigenvalue weighted by Gasteiger charge is -2.19. The van der Waals surface area contributed by atoms with Gasteiger partial charge in [-0.2, -0.15) is 0 Å². The summed E-state index contributed by atoms with van der Waals surface area (Å²) >= 11 is 0.925. The van der Waals surface area contributed by atoms with Crippen LogP contribution in [0.1, 0.15) is 33.6 Å². The van der Waals surface area contributed by atoms with Crippen LogP contribution in [-0.2, 0) is 0 Å². The van der Waals surface area contributed by atoms with Gasteiger partial charge in [-0.05, 0) is 6.92 Å². The number of rotatable bonds is 2. The normalized spacial score (nSPS) is 22.2. The molecule has 1 aromatic heterocycles. The first kappa shape index (κ1) is 12.9. The summed E-state index contributed by atoms with van der Waals surface area (Å²) in [6.45, 7) is 0.941. The lowest BCUT2D eigenvalue weighted by atomic mass is 10.2. The lowest BCUT2D eigenvalue weighted by Crippen LogP contribution is -2.35. The van der Waals surface area contributed by atoms with Gasteiger partial charge in [0.05, 0.1) is 6.54 Å². The summed E-state index contributed by atoms with van der Waals surface area (Å²) in [7, 11) is 0. The van der Waals surface area contributed by atoms with Gasteiger partial charge in [0.2, 0.25) is 0 Å². The van der Waals surface area contributed by atoms with Crippen molar-refractivity contribution in [3.63, 3.8) is 0 Å². The van der Waals surface area contributed by atoms with E-state index < -0.39 is 30.3 Å². The SMILES string of the molecule is C[C@H]1CC(F)(F)CN1C(=O)c1csc(C(N)=O)n1. The van der Waals surface area contributed by atoms with Crippen LogP contribution in [0, 0.1) is 0 Å². The van der Waals surface area contributed by atoms with Gasteiger partial charge in [0.25, 0.3) is 17.7 Å². The van der Waals surface area contributed by atoms with E-state index >= 15 is 0 Å². The number of primary amides is 1. The Labute approximate surface area is 106 Å². The van der Waals surface area contributed by atoms with Crippen molar-refractivity contribution in [1.29, 1.82) is 0 Å². The van der Waals surface area contributed by atoms with Gasteiger partial charge in [0.1, 0.15) is 5.69 Å². The Hall–Kier alpha value is -1.57. The number of nitrogens with two attached hydrogens (primary N) is 1. The highest BCUT2D eigenvalue weighted by atomic mass is 32.1. The second-order valence-corrected chi connectivity index (χ2v) is 5.10. The van der Waals surface area contributed by atoms with Crippen molar-refractivity contribution in [2.75, 3.05) is 6.54 Å². The van der Waals surface area contributed by atoms with Crippen LogP contribution in [0.5, 0.6) is 0 Å². The molecule has 5 nitrogen and oxygen atoms in total. The monoisotopic (exact) mass is 275 g/mol. The molecule has 2 rings (SSSR count). The number of nitrogens with zero attached hydrogens (tertiary/aromatic N) is 2. The van der Waals surface area contributed by atoms with E-state index in [0.717, 1.165) is 16.2 Å². The van der Waals surface area contributed by atoms with Crippen molar-refractivity contribution in [3.05, 3.63) is 16.1 Å². The van der Waals surface area contributed by atoms with Crippen molar-refractivity contribution in [3.8, 4) is 0 Å². The van der Waals surface area contributed by atoms with Crippen molar-refractivity contribution in [1.82, 2.24) is 9.88 Å². The van der Waals surface area contributed by atoms with E-state index in [2.05, 4.69) is 4.98 Å². The van der Waals surface area contributed by atoms with Gasteiger partial charge in [0, 0.05) is 17.8 Å². The third-order valence-corrected chi connectivity index (χ3v) is 3.58. The van der Waals surface area contributed by atoms with Crippen molar-refractivity contribution in [2.24, 2.45) is 5.73 Å². The van der Waals surface area contributed by atoms with E-state index in [-0.39, 0.29) is 17.1 Å². The number of hydrogen-bond donors (Lipinski definition) is 1. The molecule has 0 bridgehead atoms. The van der Waals surface area contributed by atoms with Crippen LogP contribution in [0.4, 0.5) is 8.78 Å². The van der Waals surface area contributed by atoms with Gasteiger partial charge >= 0.3 is 0 Å². The fourth-order valence-corrected chi connectivity index (χ4v) is 2.56. The minimum atomic E-state index is -2.86. The molecule has 0 radical (unpaired) electrons. The standard InChI is InChI=1S/C10H11F2N3O2S/c1-5-2-10(11,12)4-15(5)9(17)6-3-18-8(14-6)7(13)16/h3,5H,2,4H2,1H3,(H2,13,16)/t5-/m0/s1. The van der Waals surface area contributed by atoms with Gasteiger partial charge < -0.3 is 10.6 Å². The third kappa shape index (κ3) is 2.33. The Morgan fingerprint density at radius 2 is 2.28 bits per heavy atom. The molecule has 18 heavy (non-hydrogen) atoms. The number of amides is 2. The second kappa shape index (κ2) is 4.27. The van der Waals surface area contributed by atoms with Crippen LogP contribution in [0.2, 0.25) is 0 Å². The number of halogens is 2. The molecule has 1 fully saturated rings. The Kier molecular flexibility index (Phi) is 3.05. The zero-order chi connectivity index (χ0) is 13.5. The molecular weight excluding hydrogens is 264 g/mol. The molecule has 0 spiro atoms. The molecule has 0 aliphatic carbocycles. The molecule has 2 amide bonds. The summed E-state index contributed by atoms with van der Waals surface area (Å²) < 4.78 is 26.3. The van der Waals surface area contributed by atoms with E-state index in [1.54, 1.807) is 6.92 Å². The van der Waals surface area contributed by atoms with Gasteiger partial charge in [-0.3, -0.25) is 9.59 Å². The smallest absolute Gasteiger partial charge is 0.277 e. The molecule has 0 unspecified atom stereocenters. The van der Waals surface area contributed by atoms with Crippen LogP contribution in [-0.4, -0.2) is 40.2 Å². The van der Waals surface area contributed by atoms with Crippen molar-refractivity contribution in [2.45, 2.75) is 25.3 Å². The van der Waals surface area contributed by atoms with Gasteiger partial charge in [-0.15, -0.1) is 11.3 Å². The van der Waals surface area contributed by atoms with Crippen LogP contribution >= 0.6 is 11.3 Å². The van der Waals surface area contributed by atoms with Crippen molar-refractivity contribution >= 4 is 23.2 Å². The first-order valence-electron chi connectivity index (χ1n) is 5.24. The van der Waals surface area contributed by atoms with Crippen LogP contribution < -0.4 is 5.73 Å². The van der Waals surface area contributed by atoms with Gasteiger partial charge in [0.15, 0.2) is 5.01 Å². The lowest BCUT2D eigenvalue weighted by molar-refractivity contribution is 0.0117. The average Bonchev–Trinajstić information content (AvgIpc) is 2.81. The van der Waals surface area contributed by atoms with E-state index in [1.165, 1.54) is 5.38 Å². The number of carbonyl (C=O) groups is 2. The fraction of sp³-hybridized carbons (Fsp3) is 0.500. The van der Waals surface area contributed by atoms with Gasteiger partial charge in [-0.1, -0.05) is 0 Å². The Bertz CT molecular complexity index is 503. The molecule has 1 saturated heterocycles. The number of likely N-dealkylation sites (tertiary alicyclic amines) is 1. The molecule has 0 saturated carbocycles. The first-order chi connectivity index (χ1) is 8.30. The number of alkyl halides is 2. The predicted octanol–water partition coefficient (Wildman–Crippen LogP) is 1.11. The molecule has 0 aromatic carbocycles. The zero-order valence-electron chi connectivity index (χ0n) is 9.52. The minimum Gasteiger partial charge on any atom is -0.364 e. The number of thiazole rings is 1. The van der Waals surface area contributed by atoms with Crippen LogP contribution in [0.3, 0.4) is 0 Å². The molecular formula is C10H11F2N3O2S. The maximum atomic E-state index is 13.2. The van der Waals surface area contributed by atoms with Crippen LogP contribution in [0.25, 0.3) is 0 Å². The molecule has 8 heteroatoms. The topological polar surface area (TPSA) is 76.3 Å². The molecule has 1 aromatic rings. The highest BCUT2D eigenvalue weighted by Gasteiger charge is 2.45. The minimum absolute atomic E-state index is 0.00281. The summed E-state index contributed by atoms with van der Waals surface area (Å²) in [6.07, 6.45) is -0.356. The summed E-state index contributed by atoms with van der Waals surface area (Å²) in [6, 6.07) is -0.550. The largest absolute Gasteiger partial charge is 0.364 e.